The third-order valence-corrected chi connectivity index (χ3v) is 11.8. The molecule has 0 spiro atoms. The Kier molecular flexibility index (Phi) is 15.2. The summed E-state index contributed by atoms with van der Waals surface area (Å²) in [6, 6.07) is 22.6. The van der Waals surface area contributed by atoms with E-state index in [2.05, 4.69) is 31.5 Å². The summed E-state index contributed by atoms with van der Waals surface area (Å²) in [5.74, 6) is -2.69. The minimum absolute atomic E-state index is 0.0235. The fraction of sp³-hybridized carbons (Fsp3) is 0.386. The number of alkyl carbamates (subject to hydrolysis) is 1. The number of thioether (sulfide) groups is 2. The molecule has 0 radical (unpaired) electrons. The van der Waals surface area contributed by atoms with Gasteiger partial charge in [0.15, 0.2) is 18.2 Å². The first-order chi connectivity index (χ1) is 30.8. The van der Waals surface area contributed by atoms with Crippen LogP contribution in [0.4, 0.5) is 15.3 Å². The molecule has 19 nitrogen and oxygen atoms in total. The molecule has 344 valence electrons. The normalized spacial score (nSPS) is 16.9. The van der Waals surface area contributed by atoms with Gasteiger partial charge in [-0.3, -0.25) is 19.8 Å². The second kappa shape index (κ2) is 20.6. The fourth-order valence-corrected chi connectivity index (χ4v) is 8.88. The monoisotopic (exact) mass is 930 g/mol. The van der Waals surface area contributed by atoms with Crippen LogP contribution in [0.15, 0.2) is 101 Å². The molecule has 65 heavy (non-hydrogen) atoms. The molecular weight excluding hydrogens is 881 g/mol. The molecule has 3 aromatic carbocycles. The number of β-lactam (4-membered cyclic amide) rings is 1. The highest BCUT2D eigenvalue weighted by Crippen LogP contribution is 2.45. The Morgan fingerprint density at radius 2 is 1.48 bits per heavy atom. The molecule has 0 aliphatic carbocycles. The summed E-state index contributed by atoms with van der Waals surface area (Å²) >= 11 is 2.42. The predicted octanol–water partition coefficient (Wildman–Crippen LogP) is 5.15. The molecule has 2 unspecified atom stereocenters. The van der Waals surface area contributed by atoms with Crippen LogP contribution in [0.3, 0.4) is 0 Å². The van der Waals surface area contributed by atoms with Crippen LogP contribution in [0.25, 0.3) is 0 Å². The number of carbonyl (C=O) groups excluding carboxylic acids is 6. The Morgan fingerprint density at radius 1 is 0.862 bits per heavy atom. The molecule has 3 heterocycles. The van der Waals surface area contributed by atoms with Crippen LogP contribution in [0.1, 0.15) is 76.9 Å². The van der Waals surface area contributed by atoms with E-state index in [-0.39, 0.29) is 35.0 Å². The number of amides is 4. The molecule has 1 saturated heterocycles. The van der Waals surface area contributed by atoms with E-state index >= 15 is 0 Å². The maximum atomic E-state index is 14.5. The molecule has 4 N–H and O–H groups in total. The fourth-order valence-electron chi connectivity index (χ4n) is 6.42. The number of hydrogen-bond acceptors (Lipinski definition) is 16. The van der Waals surface area contributed by atoms with Crippen LogP contribution >= 0.6 is 23.5 Å². The quantitative estimate of drug-likeness (QED) is 0.0521. The topological polar surface area (TPSA) is 242 Å². The van der Waals surface area contributed by atoms with Gasteiger partial charge in [-0.2, -0.15) is 0 Å². The molecule has 1 fully saturated rings. The van der Waals surface area contributed by atoms with Crippen LogP contribution in [-0.4, -0.2) is 107 Å². The van der Waals surface area contributed by atoms with Crippen molar-refractivity contribution in [2.75, 3.05) is 17.7 Å². The minimum Gasteiger partial charge on any atom is -0.458 e. The van der Waals surface area contributed by atoms with Gasteiger partial charge in [-0.15, -0.1) is 16.9 Å². The van der Waals surface area contributed by atoms with E-state index in [0.29, 0.717) is 21.9 Å². The number of nitrogens with zero attached hydrogens (tertiary/aromatic N) is 5. The summed E-state index contributed by atoms with van der Waals surface area (Å²) < 4.78 is 23.5. The Bertz CT molecular complexity index is 2360. The first-order valence-corrected chi connectivity index (χ1v) is 22.3. The number of aromatic nitrogens is 4. The largest absolute Gasteiger partial charge is 0.458 e. The van der Waals surface area contributed by atoms with E-state index in [4.69, 9.17) is 18.9 Å². The van der Waals surface area contributed by atoms with Crippen LogP contribution in [0.2, 0.25) is 0 Å². The van der Waals surface area contributed by atoms with E-state index in [0.717, 1.165) is 0 Å². The Morgan fingerprint density at radius 3 is 2.03 bits per heavy atom. The van der Waals surface area contributed by atoms with Gasteiger partial charge in [0.1, 0.15) is 28.9 Å². The van der Waals surface area contributed by atoms with Crippen molar-refractivity contribution in [3.63, 3.8) is 0 Å². The summed E-state index contributed by atoms with van der Waals surface area (Å²) in [5.41, 5.74) is 0.339. The van der Waals surface area contributed by atoms with Crippen molar-refractivity contribution >= 4 is 65.2 Å². The number of rotatable bonds is 15. The minimum atomic E-state index is -1.71. The molecule has 4 amide bonds. The van der Waals surface area contributed by atoms with Crippen molar-refractivity contribution in [2.24, 2.45) is 7.05 Å². The lowest BCUT2D eigenvalue weighted by Crippen LogP contribution is -2.58. The molecular formula is C44H50N8O11S2. The van der Waals surface area contributed by atoms with E-state index in [9.17, 15) is 33.9 Å². The summed E-state index contributed by atoms with van der Waals surface area (Å²) in [5, 5.41) is 29.6. The highest BCUT2D eigenvalue weighted by atomic mass is 32.2. The summed E-state index contributed by atoms with van der Waals surface area (Å²) in [7, 11) is 1.65. The second-order valence-corrected chi connectivity index (χ2v) is 19.0. The molecule has 0 saturated carbocycles. The molecule has 2 aliphatic rings. The highest BCUT2D eigenvalue weighted by Gasteiger charge is 2.50. The van der Waals surface area contributed by atoms with Crippen molar-refractivity contribution in [2.45, 2.75) is 93.3 Å². The summed E-state index contributed by atoms with van der Waals surface area (Å²) in [6.07, 6.45) is -4.33. The van der Waals surface area contributed by atoms with Gasteiger partial charge in [-0.05, 0) is 80.8 Å². The molecule has 1 aromatic heterocycles. The Balaban J connectivity index is 1.17. The lowest BCUT2D eigenvalue weighted by atomic mass is 10.0. The number of nitrogens with one attached hydrogen (secondary N) is 3. The zero-order valence-corrected chi connectivity index (χ0v) is 38.3. The van der Waals surface area contributed by atoms with Crippen LogP contribution in [0.5, 0.6) is 0 Å². The number of aliphatic hydroxyl groups is 1. The molecule has 2 aliphatic heterocycles. The van der Waals surface area contributed by atoms with Gasteiger partial charge in [0, 0.05) is 24.1 Å². The van der Waals surface area contributed by atoms with Gasteiger partial charge in [-0.25, -0.2) is 23.9 Å². The van der Waals surface area contributed by atoms with Gasteiger partial charge in [0.05, 0.1) is 11.8 Å². The first kappa shape index (κ1) is 48.0. The number of esters is 2. The molecule has 0 bridgehead atoms. The zero-order chi connectivity index (χ0) is 47.1. The Labute approximate surface area is 383 Å². The summed E-state index contributed by atoms with van der Waals surface area (Å²) in [6.45, 7) is 9.29. The van der Waals surface area contributed by atoms with Crippen molar-refractivity contribution in [3.05, 3.63) is 113 Å². The predicted molar refractivity (Wildman–Crippen MR) is 238 cm³/mol. The molecule has 4 atom stereocenters. The van der Waals surface area contributed by atoms with E-state index in [1.165, 1.54) is 57.4 Å². The molecule has 6 rings (SSSR count). The third-order valence-electron chi connectivity index (χ3n) is 9.38. The maximum Gasteiger partial charge on any atom is 0.411 e. The number of benzene rings is 3. The average molecular weight is 931 g/mol. The smallest absolute Gasteiger partial charge is 0.411 e. The van der Waals surface area contributed by atoms with Crippen molar-refractivity contribution in [1.29, 1.82) is 0 Å². The van der Waals surface area contributed by atoms with Gasteiger partial charge in [0.2, 0.25) is 11.1 Å². The summed E-state index contributed by atoms with van der Waals surface area (Å²) in [4.78, 5) is 81.0. The van der Waals surface area contributed by atoms with Gasteiger partial charge in [-0.1, -0.05) is 84.6 Å². The van der Waals surface area contributed by atoms with E-state index in [1.54, 1.807) is 48.6 Å². The number of anilines is 1. The van der Waals surface area contributed by atoms with Gasteiger partial charge in [0.25, 0.3) is 5.91 Å². The molecule has 21 heteroatoms. The number of ether oxygens (including phenoxy) is 4. The van der Waals surface area contributed by atoms with Crippen molar-refractivity contribution in [1.82, 2.24) is 35.7 Å². The van der Waals surface area contributed by atoms with Crippen molar-refractivity contribution < 1.29 is 52.8 Å². The maximum absolute atomic E-state index is 14.5. The van der Waals surface area contributed by atoms with E-state index < -0.39 is 76.8 Å². The van der Waals surface area contributed by atoms with Crippen LogP contribution in [0, 0.1) is 0 Å². The number of hydrogen-bond donors (Lipinski definition) is 4. The number of fused-ring (bicyclic) bond motifs is 1. The number of aryl methyl sites for hydroxylation is 1. The SMILES string of the molecule is Cn1nnnc1SCC1=C(C(=O)OC(c2ccccc2)c2ccccc2)N2C(=O)C[C@@H]2SC1NC(=O)C(O)c1ccc(NC(=O)OC[C@@H](NC(=O)OC(C)(C)C)C(=O)OC(C)(C)C)cc1. The number of carbonyl (C=O) groups is 6. The van der Waals surface area contributed by atoms with Crippen molar-refractivity contribution in [3.8, 4) is 0 Å². The number of aliphatic hydroxyl groups excluding tert-OH is 1. The van der Waals surface area contributed by atoms with E-state index in [1.807, 2.05) is 60.7 Å². The lowest BCUT2D eigenvalue weighted by molar-refractivity contribution is -0.158. The standard InChI is InChI=1S/C44H50N8O11S2/c1-43(2,3)62-38(56)30(46-42(59)63-44(4,5)6)23-60-41(58)45-28-20-18-25(19-21-28)34(54)36(55)47-37-29(24-64-40-48-49-50-51(40)7)33(52-31(53)22-32(52)65-37)39(57)61-35(26-14-10-8-11-15-26)27-16-12-9-13-17-27/h8-21,30,32,34-35,37,54H,22-24H2,1-7H3,(H,45,58)(H,46,59)(H,47,55)/t30-,32+,34?,37?/m1/s1. The van der Waals surface area contributed by atoms with Crippen LogP contribution < -0.4 is 16.0 Å². The van der Waals surface area contributed by atoms with Gasteiger partial charge < -0.3 is 34.7 Å². The van der Waals surface area contributed by atoms with Gasteiger partial charge >= 0.3 is 24.1 Å². The second-order valence-electron chi connectivity index (χ2n) is 16.8. The van der Waals surface area contributed by atoms with Crippen LogP contribution in [-0.2, 0) is 45.2 Å². The lowest BCUT2D eigenvalue weighted by Gasteiger charge is -2.47. The number of tetrazole rings is 1. The average Bonchev–Trinajstić information content (AvgIpc) is 3.66. The first-order valence-electron chi connectivity index (χ1n) is 20.4. The highest BCUT2D eigenvalue weighted by molar-refractivity contribution is 8.01. The Hall–Kier alpha value is -6.45. The third kappa shape index (κ3) is 12.9. The molecule has 4 aromatic rings. The zero-order valence-electron chi connectivity index (χ0n) is 36.7.